The zero-order valence-electron chi connectivity index (χ0n) is 19.0. The summed E-state index contributed by atoms with van der Waals surface area (Å²) in [5, 5.41) is 17.3. The van der Waals surface area contributed by atoms with Gasteiger partial charge in [-0.15, -0.1) is 0 Å². The summed E-state index contributed by atoms with van der Waals surface area (Å²) in [4.78, 5) is 12.1. The summed E-state index contributed by atoms with van der Waals surface area (Å²) in [6.45, 7) is 1.85. The van der Waals surface area contributed by atoms with Gasteiger partial charge < -0.3 is 21.5 Å². The summed E-state index contributed by atoms with van der Waals surface area (Å²) >= 11 is 12.7. The number of anilines is 3. The predicted octanol–water partition coefficient (Wildman–Crippen LogP) is 5.14. The molecule has 0 aliphatic carbocycles. The zero-order valence-corrected chi connectivity index (χ0v) is 20.5. The summed E-state index contributed by atoms with van der Waals surface area (Å²) in [6, 6.07) is 9.63. The van der Waals surface area contributed by atoms with Gasteiger partial charge in [0.05, 0.1) is 45.4 Å². The molecular formula is C24H17Cl2F2N9. The Balaban J connectivity index is 1.61. The molecule has 4 heterocycles. The van der Waals surface area contributed by atoms with Gasteiger partial charge in [0.15, 0.2) is 5.82 Å². The molecule has 1 aliphatic heterocycles. The SMILES string of the molecule is Cc1nc(Cl)ccc1[C@H](Nc1cc(Cl)c2ncc(C#N)c(Nc3cnc(F)c(F)c3)c2c1)C1=CNNN1. The molecule has 0 amide bonds. The highest BCUT2D eigenvalue weighted by Crippen LogP contribution is 2.37. The maximum absolute atomic E-state index is 13.8. The van der Waals surface area contributed by atoms with Crippen LogP contribution in [0.2, 0.25) is 10.2 Å². The minimum atomic E-state index is -1.22. The molecule has 1 aliphatic rings. The molecule has 0 saturated heterocycles. The third-order valence-electron chi connectivity index (χ3n) is 5.64. The van der Waals surface area contributed by atoms with Gasteiger partial charge in [0, 0.05) is 40.8 Å². The first-order valence-corrected chi connectivity index (χ1v) is 11.6. The van der Waals surface area contributed by atoms with E-state index in [0.29, 0.717) is 38.1 Å². The summed E-state index contributed by atoms with van der Waals surface area (Å²) in [5.41, 5.74) is 12.7. The van der Waals surface area contributed by atoms with Crippen molar-refractivity contribution in [2.24, 2.45) is 0 Å². The summed E-state index contributed by atoms with van der Waals surface area (Å²) in [7, 11) is 0. The number of nitriles is 1. The molecular weight excluding hydrogens is 523 g/mol. The Labute approximate surface area is 219 Å². The van der Waals surface area contributed by atoms with E-state index in [1.807, 2.05) is 13.0 Å². The molecule has 9 nitrogen and oxygen atoms in total. The highest BCUT2D eigenvalue weighted by Gasteiger charge is 2.23. The van der Waals surface area contributed by atoms with E-state index >= 15 is 0 Å². The molecule has 13 heteroatoms. The number of hydrogen-bond acceptors (Lipinski definition) is 9. The molecule has 0 spiro atoms. The van der Waals surface area contributed by atoms with Crippen molar-refractivity contribution < 1.29 is 8.78 Å². The fraction of sp³-hybridized carbons (Fsp3) is 0.0833. The second kappa shape index (κ2) is 10.0. The number of aryl methyl sites for hydroxylation is 1. The Morgan fingerprint density at radius 2 is 1.92 bits per heavy atom. The third-order valence-corrected chi connectivity index (χ3v) is 6.14. The summed E-state index contributed by atoms with van der Waals surface area (Å²) in [6.07, 6.45) is 4.24. The Morgan fingerprint density at radius 1 is 1.08 bits per heavy atom. The molecule has 0 unspecified atom stereocenters. The Bertz CT molecular complexity index is 1600. The number of hydrogen-bond donors (Lipinski definition) is 5. The number of halogens is 4. The van der Waals surface area contributed by atoms with Crippen molar-refractivity contribution in [3.8, 4) is 6.07 Å². The van der Waals surface area contributed by atoms with Crippen LogP contribution in [0.3, 0.4) is 0 Å². The van der Waals surface area contributed by atoms with Crippen LogP contribution < -0.4 is 27.0 Å². The van der Waals surface area contributed by atoms with Crippen molar-refractivity contribution >= 4 is 51.2 Å². The molecule has 5 N–H and O–H groups in total. The van der Waals surface area contributed by atoms with Gasteiger partial charge in [-0.25, -0.2) is 14.4 Å². The van der Waals surface area contributed by atoms with Gasteiger partial charge in [0.25, 0.3) is 0 Å². The first-order valence-electron chi connectivity index (χ1n) is 10.8. The number of rotatable bonds is 6. The van der Waals surface area contributed by atoms with Crippen LogP contribution in [0.15, 0.2) is 54.6 Å². The van der Waals surface area contributed by atoms with E-state index in [1.54, 1.807) is 24.4 Å². The van der Waals surface area contributed by atoms with Crippen LogP contribution >= 0.6 is 23.2 Å². The van der Waals surface area contributed by atoms with Gasteiger partial charge in [-0.1, -0.05) is 29.3 Å². The molecule has 0 radical (unpaired) electrons. The number of fused-ring (bicyclic) bond motifs is 1. The lowest BCUT2D eigenvalue weighted by Gasteiger charge is -2.23. The predicted molar refractivity (Wildman–Crippen MR) is 137 cm³/mol. The molecule has 3 aromatic heterocycles. The summed E-state index contributed by atoms with van der Waals surface area (Å²) < 4.78 is 27.1. The lowest BCUT2D eigenvalue weighted by Crippen LogP contribution is -2.34. The second-order valence-corrected chi connectivity index (χ2v) is 8.81. The van der Waals surface area contributed by atoms with Crippen LogP contribution in [0.4, 0.5) is 25.8 Å². The highest BCUT2D eigenvalue weighted by molar-refractivity contribution is 6.36. The Hall–Kier alpha value is -4.24. The third kappa shape index (κ3) is 4.90. The number of nitrogens with one attached hydrogen (secondary N) is 5. The minimum absolute atomic E-state index is 0.149. The van der Waals surface area contributed by atoms with Crippen LogP contribution in [-0.2, 0) is 0 Å². The van der Waals surface area contributed by atoms with Gasteiger partial charge in [-0.2, -0.15) is 15.2 Å². The average Bonchev–Trinajstić information content (AvgIpc) is 3.40. The maximum Gasteiger partial charge on any atom is 0.249 e. The Kier molecular flexibility index (Phi) is 6.62. The van der Waals surface area contributed by atoms with Crippen molar-refractivity contribution in [1.82, 2.24) is 31.3 Å². The quantitative estimate of drug-likeness (QED) is 0.212. The molecule has 1 aromatic carbocycles. The minimum Gasteiger partial charge on any atom is -0.373 e. The summed E-state index contributed by atoms with van der Waals surface area (Å²) in [5.74, 6) is -2.35. The first kappa shape index (κ1) is 24.5. The van der Waals surface area contributed by atoms with E-state index in [9.17, 15) is 14.0 Å². The highest BCUT2D eigenvalue weighted by atomic mass is 35.5. The van der Waals surface area contributed by atoms with E-state index in [4.69, 9.17) is 23.2 Å². The van der Waals surface area contributed by atoms with Crippen LogP contribution in [0.1, 0.15) is 22.9 Å². The molecule has 37 heavy (non-hydrogen) atoms. The van der Waals surface area contributed by atoms with Gasteiger partial charge in [0.1, 0.15) is 11.2 Å². The molecule has 4 aromatic rings. The van der Waals surface area contributed by atoms with Gasteiger partial charge >= 0.3 is 0 Å². The molecule has 186 valence electrons. The van der Waals surface area contributed by atoms with Crippen molar-refractivity contribution in [2.75, 3.05) is 10.6 Å². The molecule has 0 bridgehead atoms. The number of pyridine rings is 3. The normalized spacial score (nSPS) is 13.4. The molecule has 0 saturated carbocycles. The van der Waals surface area contributed by atoms with Crippen molar-refractivity contribution in [1.29, 1.82) is 5.26 Å². The monoisotopic (exact) mass is 539 g/mol. The fourth-order valence-corrected chi connectivity index (χ4v) is 4.40. The maximum atomic E-state index is 13.8. The zero-order chi connectivity index (χ0) is 26.1. The van der Waals surface area contributed by atoms with E-state index in [-0.39, 0.29) is 11.3 Å². The lowest BCUT2D eigenvalue weighted by atomic mass is 10.0. The Morgan fingerprint density at radius 3 is 2.62 bits per heavy atom. The van der Waals surface area contributed by atoms with Crippen molar-refractivity contribution in [3.05, 3.63) is 93.4 Å². The van der Waals surface area contributed by atoms with Crippen LogP contribution in [0.25, 0.3) is 10.9 Å². The van der Waals surface area contributed by atoms with Crippen LogP contribution in [-0.4, -0.2) is 15.0 Å². The van der Waals surface area contributed by atoms with Gasteiger partial charge in [-0.05, 0) is 25.1 Å². The van der Waals surface area contributed by atoms with E-state index in [2.05, 4.69) is 48.0 Å². The lowest BCUT2D eigenvalue weighted by molar-refractivity contribution is 0.480. The number of hydrazine groups is 2. The number of nitrogens with zero attached hydrogens (tertiary/aromatic N) is 4. The second-order valence-electron chi connectivity index (χ2n) is 8.01. The standard InChI is InChI=1S/C24H17Cl2F2N9/c1-11-15(2-3-20(26)33-11)23(19-10-32-37-36-19)34-13-4-16-21(35-14-6-18(27)24(28)31-9-14)12(7-29)8-30-22(16)17(25)5-13/h2-6,8-10,23,32,34,36-37H,1H3,(H,30,35)/t23-/m0/s1. The van der Waals surface area contributed by atoms with Crippen molar-refractivity contribution in [2.45, 2.75) is 13.0 Å². The average molecular weight is 540 g/mol. The van der Waals surface area contributed by atoms with E-state index < -0.39 is 17.8 Å². The number of aromatic nitrogens is 3. The molecule has 5 rings (SSSR count). The molecule has 1 atom stereocenters. The smallest absolute Gasteiger partial charge is 0.249 e. The van der Waals surface area contributed by atoms with E-state index in [1.165, 1.54) is 6.20 Å². The van der Waals surface area contributed by atoms with Gasteiger partial charge in [-0.3, -0.25) is 4.98 Å². The molecule has 0 fully saturated rings. The largest absolute Gasteiger partial charge is 0.373 e. The van der Waals surface area contributed by atoms with Crippen LogP contribution in [0, 0.1) is 30.0 Å². The topological polar surface area (TPSA) is 123 Å². The van der Waals surface area contributed by atoms with Gasteiger partial charge in [0.2, 0.25) is 5.95 Å². The van der Waals surface area contributed by atoms with E-state index in [0.717, 1.165) is 23.5 Å². The van der Waals surface area contributed by atoms with Crippen LogP contribution in [0.5, 0.6) is 0 Å². The number of benzene rings is 1. The fourth-order valence-electron chi connectivity index (χ4n) is 3.95. The first-order chi connectivity index (χ1) is 17.8. The van der Waals surface area contributed by atoms with Crippen molar-refractivity contribution in [3.63, 3.8) is 0 Å².